The largest absolute Gasteiger partial charge is 0.493 e. The van der Waals surface area contributed by atoms with E-state index in [0.29, 0.717) is 0 Å². The van der Waals surface area contributed by atoms with Crippen LogP contribution in [0, 0.1) is 5.41 Å². The maximum atomic E-state index is 5.90. The van der Waals surface area contributed by atoms with Gasteiger partial charge in [-0.2, -0.15) is 0 Å². The highest BCUT2D eigenvalue weighted by atomic mass is 16.5. The first-order valence-electron chi connectivity index (χ1n) is 6.48. The Bertz CT molecular complexity index is 358. The van der Waals surface area contributed by atoms with Gasteiger partial charge in [0.1, 0.15) is 5.75 Å². The minimum atomic E-state index is 0.180. The molecular weight excluding hydrogens is 208 g/mol. The minimum absolute atomic E-state index is 0.180. The molecule has 0 aliphatic rings. The van der Waals surface area contributed by atoms with Crippen LogP contribution in [0.25, 0.3) is 0 Å². The quantitative estimate of drug-likeness (QED) is 0.727. The summed E-state index contributed by atoms with van der Waals surface area (Å²) in [7, 11) is 0. The summed E-state index contributed by atoms with van der Waals surface area (Å²) >= 11 is 0. The van der Waals surface area contributed by atoms with Crippen LogP contribution in [0.5, 0.6) is 5.75 Å². The average molecular weight is 234 g/mol. The van der Waals surface area contributed by atoms with E-state index in [1.807, 2.05) is 6.07 Å². The molecule has 0 saturated heterocycles. The Balaban J connectivity index is 2.74. The van der Waals surface area contributed by atoms with Gasteiger partial charge in [-0.25, -0.2) is 0 Å². The fraction of sp³-hybridized carbons (Fsp3) is 0.625. The third kappa shape index (κ3) is 4.41. The van der Waals surface area contributed by atoms with Crippen molar-refractivity contribution in [3.8, 4) is 5.75 Å². The molecule has 0 atom stereocenters. The zero-order valence-electron chi connectivity index (χ0n) is 12.1. The van der Waals surface area contributed by atoms with Crippen LogP contribution in [0.4, 0.5) is 0 Å². The fourth-order valence-corrected chi connectivity index (χ4v) is 1.43. The second-order valence-electron chi connectivity index (χ2n) is 6.58. The van der Waals surface area contributed by atoms with Gasteiger partial charge in [0.2, 0.25) is 0 Å². The van der Waals surface area contributed by atoms with Crippen molar-refractivity contribution in [2.75, 3.05) is 6.61 Å². The van der Waals surface area contributed by atoms with Gasteiger partial charge in [-0.1, -0.05) is 53.7 Å². The standard InChI is InChI=1S/C16H26O/c1-7-16(5,6)12-17-14-10-8-9-13(11-14)15(2,3)4/h8-11H,7,12H2,1-6H3. The Labute approximate surface area is 106 Å². The first-order chi connectivity index (χ1) is 7.74. The molecule has 0 aromatic heterocycles. The van der Waals surface area contributed by atoms with Crippen molar-refractivity contribution in [2.45, 2.75) is 53.4 Å². The smallest absolute Gasteiger partial charge is 0.119 e. The van der Waals surface area contributed by atoms with E-state index in [0.717, 1.165) is 18.8 Å². The molecule has 1 heteroatoms. The van der Waals surface area contributed by atoms with E-state index in [4.69, 9.17) is 4.74 Å². The van der Waals surface area contributed by atoms with Gasteiger partial charge in [0.05, 0.1) is 6.61 Å². The highest BCUT2D eigenvalue weighted by molar-refractivity contribution is 5.32. The zero-order valence-corrected chi connectivity index (χ0v) is 12.1. The molecule has 0 saturated carbocycles. The molecule has 1 aromatic rings. The molecule has 0 unspecified atom stereocenters. The van der Waals surface area contributed by atoms with Crippen molar-refractivity contribution in [1.29, 1.82) is 0 Å². The van der Waals surface area contributed by atoms with Gasteiger partial charge in [0.25, 0.3) is 0 Å². The first kappa shape index (κ1) is 14.1. The summed E-state index contributed by atoms with van der Waals surface area (Å²) in [5.41, 5.74) is 1.75. The lowest BCUT2D eigenvalue weighted by atomic mass is 9.87. The van der Waals surface area contributed by atoms with Crippen LogP contribution >= 0.6 is 0 Å². The molecule has 96 valence electrons. The van der Waals surface area contributed by atoms with Crippen LogP contribution in [0.3, 0.4) is 0 Å². The SMILES string of the molecule is CCC(C)(C)COc1cccc(C(C)(C)C)c1. The monoisotopic (exact) mass is 234 g/mol. The van der Waals surface area contributed by atoms with Crippen LogP contribution in [-0.4, -0.2) is 6.61 Å². The predicted molar refractivity (Wildman–Crippen MR) is 74.7 cm³/mol. The highest BCUT2D eigenvalue weighted by Gasteiger charge is 2.17. The molecule has 0 amide bonds. The second kappa shape index (κ2) is 5.12. The Kier molecular flexibility index (Phi) is 4.24. The average Bonchev–Trinajstić information content (AvgIpc) is 2.26. The highest BCUT2D eigenvalue weighted by Crippen LogP contribution is 2.27. The van der Waals surface area contributed by atoms with Crippen LogP contribution in [0.1, 0.15) is 53.5 Å². The molecule has 0 N–H and O–H groups in total. The van der Waals surface area contributed by atoms with E-state index in [1.165, 1.54) is 5.56 Å². The summed E-state index contributed by atoms with van der Waals surface area (Å²) in [5.74, 6) is 0.985. The zero-order chi connectivity index (χ0) is 13.1. The molecule has 0 heterocycles. The molecule has 0 bridgehead atoms. The van der Waals surface area contributed by atoms with Crippen LogP contribution < -0.4 is 4.74 Å². The van der Waals surface area contributed by atoms with Gasteiger partial charge in [-0.05, 0) is 34.9 Å². The molecule has 0 radical (unpaired) electrons. The van der Waals surface area contributed by atoms with Crippen molar-refractivity contribution < 1.29 is 4.74 Å². The summed E-state index contributed by atoms with van der Waals surface area (Å²) in [4.78, 5) is 0. The maximum absolute atomic E-state index is 5.90. The molecule has 0 fully saturated rings. The van der Waals surface area contributed by atoms with E-state index in [2.05, 4.69) is 59.7 Å². The lowest BCUT2D eigenvalue weighted by molar-refractivity contribution is 0.175. The third-order valence-electron chi connectivity index (χ3n) is 3.29. The van der Waals surface area contributed by atoms with Gasteiger partial charge in [-0.15, -0.1) is 0 Å². The lowest BCUT2D eigenvalue weighted by Gasteiger charge is -2.24. The number of benzene rings is 1. The maximum Gasteiger partial charge on any atom is 0.119 e. The van der Waals surface area contributed by atoms with Gasteiger partial charge in [0.15, 0.2) is 0 Å². The van der Waals surface area contributed by atoms with Gasteiger partial charge >= 0.3 is 0 Å². The summed E-state index contributed by atoms with van der Waals surface area (Å²) in [5, 5.41) is 0. The van der Waals surface area contributed by atoms with Crippen molar-refractivity contribution >= 4 is 0 Å². The first-order valence-corrected chi connectivity index (χ1v) is 6.48. The van der Waals surface area contributed by atoms with Crippen molar-refractivity contribution in [1.82, 2.24) is 0 Å². The fourth-order valence-electron chi connectivity index (χ4n) is 1.43. The molecule has 1 rings (SSSR count). The van der Waals surface area contributed by atoms with Crippen LogP contribution in [0.15, 0.2) is 24.3 Å². The summed E-state index contributed by atoms with van der Waals surface area (Å²) in [6, 6.07) is 8.44. The number of ether oxygens (including phenoxy) is 1. The minimum Gasteiger partial charge on any atom is -0.493 e. The van der Waals surface area contributed by atoms with E-state index in [1.54, 1.807) is 0 Å². The predicted octanol–water partition coefficient (Wildman–Crippen LogP) is 4.80. The molecule has 0 aliphatic heterocycles. The number of hydrogen-bond acceptors (Lipinski definition) is 1. The number of hydrogen-bond donors (Lipinski definition) is 0. The summed E-state index contributed by atoms with van der Waals surface area (Å²) in [6.45, 7) is 14.1. The Morgan fingerprint density at radius 1 is 1.06 bits per heavy atom. The molecule has 17 heavy (non-hydrogen) atoms. The van der Waals surface area contributed by atoms with Crippen LogP contribution in [-0.2, 0) is 5.41 Å². The Hall–Kier alpha value is -0.980. The summed E-state index contributed by atoms with van der Waals surface area (Å²) in [6.07, 6.45) is 1.13. The Morgan fingerprint density at radius 2 is 1.71 bits per heavy atom. The molecule has 1 nitrogen and oxygen atoms in total. The Morgan fingerprint density at radius 3 is 2.24 bits per heavy atom. The van der Waals surface area contributed by atoms with Crippen molar-refractivity contribution in [3.63, 3.8) is 0 Å². The molecule has 1 aromatic carbocycles. The summed E-state index contributed by atoms with van der Waals surface area (Å²) < 4.78 is 5.90. The topological polar surface area (TPSA) is 9.23 Å². The van der Waals surface area contributed by atoms with Crippen LogP contribution in [0.2, 0.25) is 0 Å². The lowest BCUT2D eigenvalue weighted by Crippen LogP contribution is -2.20. The van der Waals surface area contributed by atoms with E-state index >= 15 is 0 Å². The van der Waals surface area contributed by atoms with E-state index in [-0.39, 0.29) is 10.8 Å². The second-order valence-corrected chi connectivity index (χ2v) is 6.58. The van der Waals surface area contributed by atoms with Crippen molar-refractivity contribution in [3.05, 3.63) is 29.8 Å². The molecule has 0 spiro atoms. The van der Waals surface area contributed by atoms with Gasteiger partial charge in [-0.3, -0.25) is 0 Å². The normalized spacial score (nSPS) is 12.6. The third-order valence-corrected chi connectivity index (χ3v) is 3.29. The van der Waals surface area contributed by atoms with Gasteiger partial charge in [0, 0.05) is 0 Å². The molecule has 0 aliphatic carbocycles. The number of rotatable bonds is 4. The van der Waals surface area contributed by atoms with Gasteiger partial charge < -0.3 is 4.74 Å². The van der Waals surface area contributed by atoms with Crippen molar-refractivity contribution in [2.24, 2.45) is 5.41 Å². The molecular formula is C16H26O. The van der Waals surface area contributed by atoms with E-state index < -0.39 is 0 Å². The van der Waals surface area contributed by atoms with E-state index in [9.17, 15) is 0 Å².